The van der Waals surface area contributed by atoms with Crippen molar-refractivity contribution in [2.75, 3.05) is 0 Å². The van der Waals surface area contributed by atoms with E-state index in [1.54, 1.807) is 0 Å². The molecule has 4 atom stereocenters. The van der Waals surface area contributed by atoms with Crippen molar-refractivity contribution in [2.45, 2.75) is 37.9 Å². The monoisotopic (exact) mass is 242 g/mol. The van der Waals surface area contributed by atoms with Crippen molar-refractivity contribution in [3.8, 4) is 0 Å². The van der Waals surface area contributed by atoms with E-state index in [0.29, 0.717) is 6.42 Å². The number of primary amides is 1. The molecule has 1 aromatic heterocycles. The minimum absolute atomic E-state index is 0.157. The van der Waals surface area contributed by atoms with E-state index in [0.717, 1.165) is 0 Å². The predicted molar refractivity (Wildman–Crippen MR) is 54.8 cm³/mol. The lowest BCUT2D eigenvalue weighted by atomic mass is 10.1. The Labute approximate surface area is 97.0 Å². The quantitative estimate of drug-likeness (QED) is 0.587. The van der Waals surface area contributed by atoms with Crippen LogP contribution in [0.2, 0.25) is 0 Å². The van der Waals surface area contributed by atoms with E-state index in [2.05, 4.69) is 10.1 Å². The lowest BCUT2D eigenvalue weighted by molar-refractivity contribution is -0.0451. The SMILES string of the molecule is CC[C@H]1O[C@@H](n2cnc(C(N)=O)n2)C(O)C1O. The molecule has 0 radical (unpaired) electrons. The molecule has 1 saturated heterocycles. The number of aliphatic hydroxyl groups excluding tert-OH is 2. The number of rotatable bonds is 3. The van der Waals surface area contributed by atoms with Gasteiger partial charge in [0.05, 0.1) is 6.10 Å². The molecule has 17 heavy (non-hydrogen) atoms. The number of carbonyl (C=O) groups excluding carboxylic acids is 1. The number of carbonyl (C=O) groups is 1. The molecule has 94 valence electrons. The molecule has 0 saturated carbocycles. The first-order chi connectivity index (χ1) is 8.04. The van der Waals surface area contributed by atoms with Gasteiger partial charge in [0, 0.05) is 0 Å². The first-order valence-corrected chi connectivity index (χ1v) is 5.27. The fraction of sp³-hybridized carbons (Fsp3) is 0.667. The van der Waals surface area contributed by atoms with E-state index in [9.17, 15) is 15.0 Å². The molecule has 2 heterocycles. The van der Waals surface area contributed by atoms with Gasteiger partial charge in [-0.3, -0.25) is 4.79 Å². The lowest BCUT2D eigenvalue weighted by Gasteiger charge is -2.13. The average molecular weight is 242 g/mol. The van der Waals surface area contributed by atoms with Crippen molar-refractivity contribution < 1.29 is 19.7 Å². The van der Waals surface area contributed by atoms with Crippen LogP contribution in [0.25, 0.3) is 0 Å². The molecule has 0 aromatic carbocycles. The first kappa shape index (κ1) is 12.0. The van der Waals surface area contributed by atoms with E-state index in [1.165, 1.54) is 11.0 Å². The molecule has 8 heteroatoms. The Bertz CT molecular complexity index is 421. The van der Waals surface area contributed by atoms with E-state index in [-0.39, 0.29) is 5.82 Å². The van der Waals surface area contributed by atoms with Gasteiger partial charge in [-0.05, 0) is 6.42 Å². The Kier molecular flexibility index (Phi) is 3.09. The van der Waals surface area contributed by atoms with E-state index in [4.69, 9.17) is 10.5 Å². The molecule has 0 bridgehead atoms. The van der Waals surface area contributed by atoms with Crippen LogP contribution in [-0.4, -0.2) is 49.2 Å². The zero-order chi connectivity index (χ0) is 12.6. The minimum atomic E-state index is -1.11. The molecular formula is C9H14N4O4. The Morgan fingerprint density at radius 2 is 2.29 bits per heavy atom. The summed E-state index contributed by atoms with van der Waals surface area (Å²) in [5.41, 5.74) is 5.01. The average Bonchev–Trinajstić information content (AvgIpc) is 2.87. The third-order valence-electron chi connectivity index (χ3n) is 2.73. The van der Waals surface area contributed by atoms with Gasteiger partial charge in [-0.2, -0.15) is 0 Å². The molecule has 1 aliphatic heterocycles. The number of hydrogen-bond donors (Lipinski definition) is 3. The maximum absolute atomic E-state index is 10.8. The summed E-state index contributed by atoms with van der Waals surface area (Å²) in [5, 5.41) is 23.2. The number of hydrogen-bond acceptors (Lipinski definition) is 6. The Morgan fingerprint density at radius 3 is 2.76 bits per heavy atom. The summed E-state index contributed by atoms with van der Waals surface area (Å²) in [6.07, 6.45) is -1.61. The molecule has 1 aliphatic rings. The number of aliphatic hydroxyl groups is 2. The van der Waals surface area contributed by atoms with Crippen molar-refractivity contribution >= 4 is 5.91 Å². The van der Waals surface area contributed by atoms with Crippen LogP contribution < -0.4 is 5.73 Å². The van der Waals surface area contributed by atoms with Gasteiger partial charge in [0.15, 0.2) is 6.23 Å². The molecule has 8 nitrogen and oxygen atoms in total. The van der Waals surface area contributed by atoms with Gasteiger partial charge in [0.25, 0.3) is 5.91 Å². The highest BCUT2D eigenvalue weighted by Gasteiger charge is 2.43. The zero-order valence-corrected chi connectivity index (χ0v) is 9.22. The van der Waals surface area contributed by atoms with Gasteiger partial charge in [-0.15, -0.1) is 5.10 Å². The third-order valence-corrected chi connectivity index (χ3v) is 2.73. The normalized spacial score (nSPS) is 32.9. The van der Waals surface area contributed by atoms with Gasteiger partial charge < -0.3 is 20.7 Å². The molecule has 0 spiro atoms. The second kappa shape index (κ2) is 4.40. The highest BCUT2D eigenvalue weighted by molar-refractivity contribution is 5.88. The number of ether oxygens (including phenoxy) is 1. The minimum Gasteiger partial charge on any atom is -0.388 e. The van der Waals surface area contributed by atoms with Crippen molar-refractivity contribution in [2.24, 2.45) is 5.73 Å². The van der Waals surface area contributed by atoms with Gasteiger partial charge in [0.1, 0.15) is 18.5 Å². The summed E-state index contributed by atoms with van der Waals surface area (Å²) >= 11 is 0. The molecule has 1 aromatic rings. The Morgan fingerprint density at radius 1 is 1.59 bits per heavy atom. The fourth-order valence-corrected chi connectivity index (χ4v) is 1.80. The van der Waals surface area contributed by atoms with E-state index < -0.39 is 30.4 Å². The van der Waals surface area contributed by atoms with E-state index >= 15 is 0 Å². The Hall–Kier alpha value is -1.51. The molecule has 2 rings (SSSR count). The highest BCUT2D eigenvalue weighted by Crippen LogP contribution is 2.29. The zero-order valence-electron chi connectivity index (χ0n) is 9.22. The summed E-state index contributed by atoms with van der Waals surface area (Å²) in [7, 11) is 0. The smallest absolute Gasteiger partial charge is 0.288 e. The van der Waals surface area contributed by atoms with Gasteiger partial charge >= 0.3 is 0 Å². The third kappa shape index (κ3) is 2.02. The van der Waals surface area contributed by atoms with Crippen LogP contribution in [0.1, 0.15) is 30.2 Å². The molecular weight excluding hydrogens is 228 g/mol. The summed E-state index contributed by atoms with van der Waals surface area (Å²) in [5.74, 6) is -0.918. The predicted octanol–water partition coefficient (Wildman–Crippen LogP) is -1.59. The van der Waals surface area contributed by atoms with Gasteiger partial charge in [-0.25, -0.2) is 9.67 Å². The van der Waals surface area contributed by atoms with Crippen LogP contribution in [0.15, 0.2) is 6.33 Å². The molecule has 0 aliphatic carbocycles. The van der Waals surface area contributed by atoms with Gasteiger partial charge in [0.2, 0.25) is 5.82 Å². The molecule has 1 fully saturated rings. The summed E-state index contributed by atoms with van der Waals surface area (Å²) in [6, 6.07) is 0. The summed E-state index contributed by atoms with van der Waals surface area (Å²) in [4.78, 5) is 14.5. The van der Waals surface area contributed by atoms with Crippen molar-refractivity contribution in [1.29, 1.82) is 0 Å². The molecule has 4 N–H and O–H groups in total. The van der Waals surface area contributed by atoms with Crippen LogP contribution in [0, 0.1) is 0 Å². The number of nitrogens with two attached hydrogens (primary N) is 1. The van der Waals surface area contributed by atoms with Crippen LogP contribution in [0.5, 0.6) is 0 Å². The lowest BCUT2D eigenvalue weighted by Crippen LogP contribution is -2.31. The molecule has 2 unspecified atom stereocenters. The standard InChI is InChI=1S/C9H14N4O4/c1-2-4-5(14)6(15)9(17-4)13-3-11-8(12-13)7(10)16/h3-6,9,14-15H,2H2,1H3,(H2,10,16)/t4-,5?,6?,9-/m1/s1. The maximum atomic E-state index is 10.8. The van der Waals surface area contributed by atoms with E-state index in [1.807, 2.05) is 6.92 Å². The second-order valence-corrected chi connectivity index (χ2v) is 3.87. The van der Waals surface area contributed by atoms with Crippen molar-refractivity contribution in [3.63, 3.8) is 0 Å². The summed E-state index contributed by atoms with van der Waals surface area (Å²) in [6.45, 7) is 1.83. The number of aromatic nitrogens is 3. The van der Waals surface area contributed by atoms with Crippen LogP contribution in [-0.2, 0) is 4.74 Å². The van der Waals surface area contributed by atoms with Crippen molar-refractivity contribution in [1.82, 2.24) is 14.8 Å². The second-order valence-electron chi connectivity index (χ2n) is 3.87. The van der Waals surface area contributed by atoms with Crippen LogP contribution >= 0.6 is 0 Å². The first-order valence-electron chi connectivity index (χ1n) is 5.27. The number of amides is 1. The number of nitrogens with zero attached hydrogens (tertiary/aromatic N) is 3. The Balaban J connectivity index is 2.19. The highest BCUT2D eigenvalue weighted by atomic mass is 16.6. The summed E-state index contributed by atoms with van der Waals surface area (Å²) < 4.78 is 6.61. The molecule has 1 amide bonds. The van der Waals surface area contributed by atoms with Gasteiger partial charge in [-0.1, -0.05) is 6.92 Å². The topological polar surface area (TPSA) is 123 Å². The largest absolute Gasteiger partial charge is 0.388 e. The van der Waals surface area contributed by atoms with Crippen molar-refractivity contribution in [3.05, 3.63) is 12.2 Å². The van der Waals surface area contributed by atoms with Crippen LogP contribution in [0.4, 0.5) is 0 Å². The maximum Gasteiger partial charge on any atom is 0.288 e. The fourth-order valence-electron chi connectivity index (χ4n) is 1.80. The van der Waals surface area contributed by atoms with Crippen LogP contribution in [0.3, 0.4) is 0 Å².